The highest BCUT2D eigenvalue weighted by Gasteiger charge is 2.21. The first-order valence-corrected chi connectivity index (χ1v) is 5.93. The van der Waals surface area contributed by atoms with Crippen LogP contribution in [-0.4, -0.2) is 17.6 Å². The van der Waals surface area contributed by atoms with E-state index in [0.717, 1.165) is 0 Å². The predicted molar refractivity (Wildman–Crippen MR) is 65.8 cm³/mol. The summed E-state index contributed by atoms with van der Waals surface area (Å²) in [5, 5.41) is 0. The van der Waals surface area contributed by atoms with Crippen LogP contribution in [0.25, 0.3) is 0 Å². The Labute approximate surface area is 111 Å². The molecule has 0 amide bonds. The lowest BCUT2D eigenvalue weighted by Gasteiger charge is -2.10. The first-order chi connectivity index (χ1) is 8.01. The van der Waals surface area contributed by atoms with E-state index in [0.29, 0.717) is 0 Å². The molecular weight excluding hydrogens is 345 g/mol. The summed E-state index contributed by atoms with van der Waals surface area (Å²) >= 11 is 1.66. The zero-order chi connectivity index (χ0) is 13.0. The molecule has 0 saturated carbocycles. The molecule has 94 valence electrons. The third-order valence-electron chi connectivity index (χ3n) is 2.02. The summed E-state index contributed by atoms with van der Waals surface area (Å²) in [6, 6.07) is 1.25. The zero-order valence-electron chi connectivity index (χ0n) is 9.04. The monoisotopic (exact) mass is 356 g/mol. The van der Waals surface area contributed by atoms with Crippen LogP contribution in [0.1, 0.15) is 35.0 Å². The van der Waals surface area contributed by atoms with E-state index in [2.05, 4.69) is 4.98 Å². The molecule has 0 saturated heterocycles. The van der Waals surface area contributed by atoms with Crippen LogP contribution < -0.4 is 5.73 Å². The van der Waals surface area contributed by atoms with Crippen LogP contribution in [-0.2, 0) is 11.3 Å². The summed E-state index contributed by atoms with van der Waals surface area (Å²) in [7, 11) is 0. The van der Waals surface area contributed by atoms with Gasteiger partial charge in [-0.05, 0) is 41.1 Å². The molecule has 0 radical (unpaired) electrons. The lowest BCUT2D eigenvalue weighted by atomic mass is 10.1. The first kappa shape index (κ1) is 14.2. The van der Waals surface area contributed by atoms with Gasteiger partial charge in [0, 0.05) is 6.54 Å². The molecule has 1 rings (SSSR count). The van der Waals surface area contributed by atoms with Gasteiger partial charge in [0.2, 0.25) is 0 Å². The summed E-state index contributed by atoms with van der Waals surface area (Å²) in [5.41, 5.74) is 5.37. The number of halogens is 3. The van der Waals surface area contributed by atoms with E-state index in [9.17, 15) is 13.6 Å². The Morgan fingerprint density at radius 3 is 2.76 bits per heavy atom. The molecule has 0 aromatic carbocycles. The van der Waals surface area contributed by atoms with Gasteiger partial charge in [0.05, 0.1) is 12.2 Å². The number of alkyl halides is 2. The number of aromatic nitrogens is 1. The van der Waals surface area contributed by atoms with Gasteiger partial charge in [0.1, 0.15) is 9.39 Å². The van der Waals surface area contributed by atoms with Crippen LogP contribution in [0, 0.1) is 3.70 Å². The second-order valence-electron chi connectivity index (χ2n) is 3.10. The van der Waals surface area contributed by atoms with E-state index in [-0.39, 0.29) is 33.7 Å². The molecule has 4 nitrogen and oxygen atoms in total. The number of nitrogens with zero attached hydrogens (tertiary/aromatic N) is 1. The van der Waals surface area contributed by atoms with Crippen molar-refractivity contribution in [3.8, 4) is 0 Å². The van der Waals surface area contributed by atoms with E-state index in [4.69, 9.17) is 10.5 Å². The minimum absolute atomic E-state index is 0.00102. The fourth-order valence-corrected chi connectivity index (χ4v) is 2.12. The van der Waals surface area contributed by atoms with E-state index in [1.54, 1.807) is 29.5 Å². The molecule has 17 heavy (non-hydrogen) atoms. The van der Waals surface area contributed by atoms with Gasteiger partial charge in [-0.3, -0.25) is 0 Å². The molecule has 0 aliphatic heterocycles. The number of rotatable bonds is 4. The van der Waals surface area contributed by atoms with Gasteiger partial charge in [0.25, 0.3) is 6.43 Å². The van der Waals surface area contributed by atoms with Crippen molar-refractivity contribution < 1.29 is 18.3 Å². The van der Waals surface area contributed by atoms with Crippen LogP contribution in [0.5, 0.6) is 0 Å². The number of ether oxygens (including phenoxy) is 1. The summed E-state index contributed by atoms with van der Waals surface area (Å²) < 4.78 is 30.3. The van der Waals surface area contributed by atoms with Crippen molar-refractivity contribution in [1.82, 2.24) is 4.98 Å². The largest absolute Gasteiger partial charge is 0.461 e. The fraction of sp³-hybridized carbons (Fsp3) is 0.400. The lowest BCUT2D eigenvalue weighted by molar-refractivity contribution is 0.0518. The van der Waals surface area contributed by atoms with E-state index in [1.807, 2.05) is 0 Å². The highest BCUT2D eigenvalue weighted by atomic mass is 127. The number of carbonyl (C=O) groups excluding carboxylic acids is 1. The Morgan fingerprint density at radius 1 is 1.65 bits per heavy atom. The number of nitrogens with two attached hydrogens (primary N) is 1. The number of carbonyl (C=O) groups is 1. The molecule has 7 heteroatoms. The maximum absolute atomic E-state index is 12.7. The molecule has 0 atom stereocenters. The number of hydrogen-bond donors (Lipinski definition) is 1. The van der Waals surface area contributed by atoms with Crippen molar-refractivity contribution >= 4 is 28.6 Å². The number of pyridine rings is 1. The molecule has 0 aliphatic carbocycles. The average molecular weight is 356 g/mol. The molecule has 2 N–H and O–H groups in total. The maximum atomic E-state index is 12.7. The van der Waals surface area contributed by atoms with Crippen molar-refractivity contribution in [1.29, 1.82) is 0 Å². The first-order valence-electron chi connectivity index (χ1n) is 4.85. The van der Waals surface area contributed by atoms with Gasteiger partial charge in [-0.25, -0.2) is 18.6 Å². The molecule has 1 aromatic rings. The number of esters is 1. The SMILES string of the molecule is CCOC(=O)c1cc(CN)c(C(F)F)c(I)n1. The molecule has 0 aliphatic rings. The van der Waals surface area contributed by atoms with E-state index >= 15 is 0 Å². The quantitative estimate of drug-likeness (QED) is 0.511. The third kappa shape index (κ3) is 3.32. The minimum atomic E-state index is -2.66. The Balaban J connectivity index is 3.22. The highest BCUT2D eigenvalue weighted by molar-refractivity contribution is 14.1. The second-order valence-corrected chi connectivity index (χ2v) is 4.12. The van der Waals surface area contributed by atoms with Gasteiger partial charge in [-0.1, -0.05) is 0 Å². The normalized spacial score (nSPS) is 10.7. The van der Waals surface area contributed by atoms with Crippen molar-refractivity contribution in [3.05, 3.63) is 26.6 Å². The Morgan fingerprint density at radius 2 is 2.29 bits per heavy atom. The van der Waals surface area contributed by atoms with Crippen LogP contribution in [0.15, 0.2) is 6.07 Å². The van der Waals surface area contributed by atoms with Crippen LogP contribution in [0.3, 0.4) is 0 Å². The molecular formula is C10H11F2IN2O2. The number of hydrogen-bond acceptors (Lipinski definition) is 4. The molecule has 0 fully saturated rings. The molecule has 0 unspecified atom stereocenters. The lowest BCUT2D eigenvalue weighted by Crippen LogP contribution is -2.13. The van der Waals surface area contributed by atoms with Gasteiger partial charge in [0.15, 0.2) is 0 Å². The van der Waals surface area contributed by atoms with Crippen LogP contribution in [0.4, 0.5) is 8.78 Å². The summed E-state index contributed by atoms with van der Waals surface area (Å²) in [5.74, 6) is -0.638. The predicted octanol–water partition coefficient (Wildman–Crippen LogP) is 2.26. The van der Waals surface area contributed by atoms with Crippen molar-refractivity contribution in [2.24, 2.45) is 5.73 Å². The molecule has 0 spiro atoms. The highest BCUT2D eigenvalue weighted by Crippen LogP contribution is 2.27. The Bertz CT molecular complexity index is 427. The maximum Gasteiger partial charge on any atom is 0.356 e. The Kier molecular flexibility index (Phi) is 5.19. The molecule has 0 bridgehead atoms. The summed E-state index contributed by atoms with van der Waals surface area (Å²) in [4.78, 5) is 15.2. The Hall–Kier alpha value is -0.830. The van der Waals surface area contributed by atoms with Crippen molar-refractivity contribution in [2.45, 2.75) is 19.9 Å². The van der Waals surface area contributed by atoms with Gasteiger partial charge >= 0.3 is 5.97 Å². The topological polar surface area (TPSA) is 65.2 Å². The summed E-state index contributed by atoms with van der Waals surface area (Å²) in [6.07, 6.45) is -2.66. The van der Waals surface area contributed by atoms with Crippen molar-refractivity contribution in [2.75, 3.05) is 6.61 Å². The van der Waals surface area contributed by atoms with Gasteiger partial charge in [-0.2, -0.15) is 0 Å². The van der Waals surface area contributed by atoms with Crippen LogP contribution in [0.2, 0.25) is 0 Å². The smallest absolute Gasteiger partial charge is 0.356 e. The van der Waals surface area contributed by atoms with E-state index < -0.39 is 12.4 Å². The zero-order valence-corrected chi connectivity index (χ0v) is 11.2. The third-order valence-corrected chi connectivity index (χ3v) is 2.84. The average Bonchev–Trinajstić information content (AvgIpc) is 2.27. The molecule has 1 heterocycles. The second kappa shape index (κ2) is 6.20. The van der Waals surface area contributed by atoms with Crippen LogP contribution >= 0.6 is 22.6 Å². The van der Waals surface area contributed by atoms with Gasteiger partial charge < -0.3 is 10.5 Å². The van der Waals surface area contributed by atoms with Gasteiger partial charge in [-0.15, -0.1) is 0 Å². The fourth-order valence-electron chi connectivity index (χ4n) is 1.28. The van der Waals surface area contributed by atoms with Crippen molar-refractivity contribution in [3.63, 3.8) is 0 Å². The minimum Gasteiger partial charge on any atom is -0.461 e. The molecule has 1 aromatic heterocycles. The summed E-state index contributed by atoms with van der Waals surface area (Å²) in [6.45, 7) is 1.77. The van der Waals surface area contributed by atoms with E-state index in [1.165, 1.54) is 6.07 Å². The standard InChI is InChI=1S/C10H11F2IN2O2/c1-2-17-10(16)6-3-5(4-14)7(8(11)12)9(13)15-6/h3,8H,2,4,14H2,1H3.